The molecule has 1 aromatic rings. The van der Waals surface area contributed by atoms with E-state index in [-0.39, 0.29) is 18.3 Å². The molecule has 1 aliphatic carbocycles. The molecule has 18 heavy (non-hydrogen) atoms. The van der Waals surface area contributed by atoms with Crippen molar-refractivity contribution >= 4 is 12.6 Å². The van der Waals surface area contributed by atoms with Crippen LogP contribution in [0.1, 0.15) is 52.0 Å². The van der Waals surface area contributed by atoms with Gasteiger partial charge in [0.25, 0.3) is 0 Å². The van der Waals surface area contributed by atoms with Crippen molar-refractivity contribution < 1.29 is 9.31 Å². The van der Waals surface area contributed by atoms with Gasteiger partial charge in [-0.2, -0.15) is 0 Å². The summed E-state index contributed by atoms with van der Waals surface area (Å²) in [6, 6.07) is 2.11. The van der Waals surface area contributed by atoms with Crippen LogP contribution < -0.4 is 5.46 Å². The van der Waals surface area contributed by atoms with Crippen LogP contribution in [0, 0.1) is 0 Å². The van der Waals surface area contributed by atoms with Crippen LogP contribution in [-0.2, 0) is 9.31 Å². The molecule has 2 fully saturated rings. The maximum atomic E-state index is 6.11. The lowest BCUT2D eigenvalue weighted by Gasteiger charge is -2.32. The molecule has 0 radical (unpaired) electrons. The summed E-state index contributed by atoms with van der Waals surface area (Å²) in [7, 11) is -0.278. The van der Waals surface area contributed by atoms with Gasteiger partial charge < -0.3 is 9.31 Å². The van der Waals surface area contributed by atoms with Crippen molar-refractivity contribution in [3.63, 3.8) is 0 Å². The molecule has 2 heterocycles. The summed E-state index contributed by atoms with van der Waals surface area (Å²) in [4.78, 5) is 4.24. The standard InChI is InChI=1S/C14H20BNO2/c1-13(2)14(3,4)18-15(17-13)12-9-16-8-7-11(12)10-5-6-10/h7-10H,5-6H2,1-4H3. The number of nitrogens with zero attached hydrogens (tertiary/aromatic N) is 1. The van der Waals surface area contributed by atoms with E-state index in [4.69, 9.17) is 9.31 Å². The summed E-state index contributed by atoms with van der Waals surface area (Å²) in [6.45, 7) is 8.33. The molecular formula is C14H20BNO2. The van der Waals surface area contributed by atoms with Crippen LogP contribution in [0.5, 0.6) is 0 Å². The summed E-state index contributed by atoms with van der Waals surface area (Å²) >= 11 is 0. The van der Waals surface area contributed by atoms with Gasteiger partial charge in [0.05, 0.1) is 11.2 Å². The Kier molecular flexibility index (Phi) is 2.58. The molecule has 0 aromatic carbocycles. The van der Waals surface area contributed by atoms with Gasteiger partial charge in [-0.15, -0.1) is 0 Å². The molecule has 0 N–H and O–H groups in total. The van der Waals surface area contributed by atoms with Gasteiger partial charge in [-0.3, -0.25) is 4.98 Å². The maximum Gasteiger partial charge on any atom is 0.496 e. The van der Waals surface area contributed by atoms with Crippen LogP contribution in [0.3, 0.4) is 0 Å². The van der Waals surface area contributed by atoms with Gasteiger partial charge in [-0.25, -0.2) is 0 Å². The van der Waals surface area contributed by atoms with E-state index >= 15 is 0 Å². The van der Waals surface area contributed by atoms with Crippen LogP contribution in [-0.4, -0.2) is 23.3 Å². The molecule has 1 saturated carbocycles. The molecule has 0 spiro atoms. The fourth-order valence-electron chi connectivity index (χ4n) is 2.35. The fourth-order valence-corrected chi connectivity index (χ4v) is 2.35. The molecule has 1 saturated heterocycles. The monoisotopic (exact) mass is 245 g/mol. The van der Waals surface area contributed by atoms with Crippen molar-refractivity contribution in [1.29, 1.82) is 0 Å². The van der Waals surface area contributed by atoms with Gasteiger partial charge >= 0.3 is 7.12 Å². The van der Waals surface area contributed by atoms with Crippen LogP contribution in [0.25, 0.3) is 0 Å². The second kappa shape index (κ2) is 3.81. The second-order valence-electron chi connectivity index (χ2n) is 6.37. The van der Waals surface area contributed by atoms with Gasteiger partial charge in [-0.05, 0) is 58.1 Å². The lowest BCUT2D eigenvalue weighted by atomic mass is 9.76. The molecule has 0 unspecified atom stereocenters. The predicted octanol–water partition coefficient (Wildman–Crippen LogP) is 2.26. The zero-order valence-corrected chi connectivity index (χ0v) is 11.6. The molecule has 96 valence electrons. The fraction of sp³-hybridized carbons (Fsp3) is 0.643. The highest BCUT2D eigenvalue weighted by atomic mass is 16.7. The number of hydrogen-bond acceptors (Lipinski definition) is 3. The maximum absolute atomic E-state index is 6.11. The summed E-state index contributed by atoms with van der Waals surface area (Å²) in [6.07, 6.45) is 6.31. The first kappa shape index (κ1) is 12.2. The number of rotatable bonds is 2. The average molecular weight is 245 g/mol. The zero-order valence-electron chi connectivity index (χ0n) is 11.6. The van der Waals surface area contributed by atoms with E-state index in [0.717, 1.165) is 5.46 Å². The third-order valence-electron chi connectivity index (χ3n) is 4.41. The van der Waals surface area contributed by atoms with Gasteiger partial charge in [0, 0.05) is 17.9 Å². The quantitative estimate of drug-likeness (QED) is 0.749. The highest BCUT2D eigenvalue weighted by molar-refractivity contribution is 6.62. The molecular weight excluding hydrogens is 225 g/mol. The average Bonchev–Trinajstić information content (AvgIpc) is 3.08. The normalized spacial score (nSPS) is 25.4. The number of aromatic nitrogens is 1. The van der Waals surface area contributed by atoms with Crippen molar-refractivity contribution in [2.75, 3.05) is 0 Å². The van der Waals surface area contributed by atoms with E-state index in [9.17, 15) is 0 Å². The Bertz CT molecular complexity index is 453. The van der Waals surface area contributed by atoms with Crippen LogP contribution in [0.4, 0.5) is 0 Å². The first-order valence-electron chi connectivity index (χ1n) is 6.70. The topological polar surface area (TPSA) is 31.4 Å². The molecule has 2 aliphatic rings. The lowest BCUT2D eigenvalue weighted by molar-refractivity contribution is 0.00578. The lowest BCUT2D eigenvalue weighted by Crippen LogP contribution is -2.41. The highest BCUT2D eigenvalue weighted by Crippen LogP contribution is 2.41. The van der Waals surface area contributed by atoms with Crippen molar-refractivity contribution in [3.05, 3.63) is 24.0 Å². The van der Waals surface area contributed by atoms with E-state index in [0.29, 0.717) is 5.92 Å². The largest absolute Gasteiger partial charge is 0.496 e. The van der Waals surface area contributed by atoms with Gasteiger partial charge in [0.15, 0.2) is 0 Å². The molecule has 3 rings (SSSR count). The molecule has 4 heteroatoms. The SMILES string of the molecule is CC1(C)OB(c2cnccc2C2CC2)OC1(C)C. The van der Waals surface area contributed by atoms with E-state index in [1.54, 1.807) is 0 Å². The number of pyridine rings is 1. The van der Waals surface area contributed by atoms with Crippen LogP contribution >= 0.6 is 0 Å². The Hall–Kier alpha value is -0.865. The minimum atomic E-state index is -0.283. The van der Waals surface area contributed by atoms with E-state index in [1.165, 1.54) is 18.4 Å². The zero-order chi connectivity index (χ0) is 13.0. The molecule has 1 aliphatic heterocycles. The van der Waals surface area contributed by atoms with E-state index < -0.39 is 0 Å². The third kappa shape index (κ3) is 1.88. The minimum Gasteiger partial charge on any atom is -0.399 e. The van der Waals surface area contributed by atoms with Crippen molar-refractivity contribution in [3.8, 4) is 0 Å². The van der Waals surface area contributed by atoms with Gasteiger partial charge in [0.1, 0.15) is 0 Å². The summed E-state index contributed by atoms with van der Waals surface area (Å²) in [5.74, 6) is 0.682. The first-order valence-corrected chi connectivity index (χ1v) is 6.70. The summed E-state index contributed by atoms with van der Waals surface area (Å²) < 4.78 is 12.2. The summed E-state index contributed by atoms with van der Waals surface area (Å²) in [5.41, 5.74) is 1.89. The van der Waals surface area contributed by atoms with Crippen LogP contribution in [0.15, 0.2) is 18.5 Å². The summed E-state index contributed by atoms with van der Waals surface area (Å²) in [5, 5.41) is 0. The molecule has 1 aromatic heterocycles. The van der Waals surface area contributed by atoms with Crippen LogP contribution in [0.2, 0.25) is 0 Å². The van der Waals surface area contributed by atoms with Gasteiger partial charge in [-0.1, -0.05) is 0 Å². The Balaban J connectivity index is 1.93. The minimum absolute atomic E-state index is 0.278. The Labute approximate surface area is 109 Å². The second-order valence-corrected chi connectivity index (χ2v) is 6.37. The molecule has 0 atom stereocenters. The molecule has 0 bridgehead atoms. The Morgan fingerprint density at radius 2 is 1.78 bits per heavy atom. The molecule has 3 nitrogen and oxygen atoms in total. The third-order valence-corrected chi connectivity index (χ3v) is 4.41. The Morgan fingerprint density at radius 1 is 1.17 bits per heavy atom. The highest BCUT2D eigenvalue weighted by Gasteiger charge is 2.52. The van der Waals surface area contributed by atoms with E-state index in [1.807, 2.05) is 12.4 Å². The van der Waals surface area contributed by atoms with Gasteiger partial charge in [0.2, 0.25) is 0 Å². The molecule has 0 amide bonds. The Morgan fingerprint density at radius 3 is 2.33 bits per heavy atom. The smallest absolute Gasteiger partial charge is 0.399 e. The van der Waals surface area contributed by atoms with E-state index in [2.05, 4.69) is 38.7 Å². The van der Waals surface area contributed by atoms with Crippen molar-refractivity contribution in [2.45, 2.75) is 57.7 Å². The number of hydrogen-bond donors (Lipinski definition) is 0. The first-order chi connectivity index (χ1) is 8.41. The predicted molar refractivity (Wildman–Crippen MR) is 71.9 cm³/mol. The van der Waals surface area contributed by atoms with Crippen molar-refractivity contribution in [2.24, 2.45) is 0 Å². The van der Waals surface area contributed by atoms with Crippen molar-refractivity contribution in [1.82, 2.24) is 4.98 Å².